The van der Waals surface area contributed by atoms with Crippen molar-refractivity contribution >= 4 is 10.1 Å². The molecule has 0 spiro atoms. The van der Waals surface area contributed by atoms with Gasteiger partial charge in [-0.05, 0) is 43.3 Å². The van der Waals surface area contributed by atoms with Crippen molar-refractivity contribution in [3.63, 3.8) is 0 Å². The fourth-order valence-corrected chi connectivity index (χ4v) is 2.86. The van der Waals surface area contributed by atoms with Crippen LogP contribution in [-0.4, -0.2) is 20.8 Å². The van der Waals surface area contributed by atoms with Gasteiger partial charge in [0.05, 0.1) is 0 Å². The molecule has 10 heteroatoms. The van der Waals surface area contributed by atoms with E-state index in [1.165, 1.54) is 24.3 Å². The van der Waals surface area contributed by atoms with Crippen LogP contribution in [0.1, 0.15) is 11.1 Å². The topological polar surface area (TPSA) is 43.4 Å². The van der Waals surface area contributed by atoms with E-state index < -0.39 is 39.7 Å². The Labute approximate surface area is 145 Å². The van der Waals surface area contributed by atoms with E-state index in [1.54, 1.807) is 6.92 Å². The zero-order valence-electron chi connectivity index (χ0n) is 13.1. The van der Waals surface area contributed by atoms with Gasteiger partial charge in [-0.2, -0.15) is 26.0 Å². The Bertz CT molecular complexity index is 862. The molecule has 2 aromatic rings. The number of alkyl halides is 6. The molecule has 0 atom stereocenters. The van der Waals surface area contributed by atoms with E-state index in [0.717, 1.165) is 5.56 Å². The van der Waals surface area contributed by atoms with Crippen molar-refractivity contribution in [1.82, 2.24) is 0 Å². The van der Waals surface area contributed by atoms with Crippen LogP contribution in [0.5, 0.6) is 5.75 Å². The van der Waals surface area contributed by atoms with E-state index in [1.807, 2.05) is 0 Å². The van der Waals surface area contributed by atoms with E-state index in [9.17, 15) is 34.8 Å². The molecule has 142 valence electrons. The van der Waals surface area contributed by atoms with E-state index in [4.69, 9.17) is 4.18 Å². The molecule has 26 heavy (non-hydrogen) atoms. The van der Waals surface area contributed by atoms with Gasteiger partial charge in [-0.3, -0.25) is 0 Å². The zero-order chi connectivity index (χ0) is 19.8. The molecule has 0 saturated carbocycles. The minimum Gasteiger partial charge on any atom is -0.379 e. The van der Waals surface area contributed by atoms with E-state index in [0.29, 0.717) is 24.3 Å². The lowest BCUT2D eigenvalue weighted by Crippen LogP contribution is -2.44. The maximum Gasteiger partial charge on any atom is 0.373 e. The van der Waals surface area contributed by atoms with Gasteiger partial charge >= 0.3 is 28.4 Å². The monoisotopic (exact) mass is 398 g/mol. The van der Waals surface area contributed by atoms with Crippen LogP contribution >= 0.6 is 0 Å². The van der Waals surface area contributed by atoms with Gasteiger partial charge in [-0.15, -0.1) is 0 Å². The van der Waals surface area contributed by atoms with Crippen LogP contribution in [0.15, 0.2) is 53.4 Å². The first kappa shape index (κ1) is 20.1. The molecular formula is C16H12F6O3S. The lowest BCUT2D eigenvalue weighted by Gasteiger charge is -2.26. The van der Waals surface area contributed by atoms with Gasteiger partial charge in [-0.25, -0.2) is 8.78 Å². The summed E-state index contributed by atoms with van der Waals surface area (Å²) < 4.78 is 106. The summed E-state index contributed by atoms with van der Waals surface area (Å²) in [6.45, 7) is 1.73. The standard InChI is InChI=1S/C16H12F6O3S/c1-10-2-8-13(9-3-10)26(23,24)25-12-6-4-11(5-7-12)15(19,20)16(21,22)14(17)18/h2-9,14H,1H3. The highest BCUT2D eigenvalue weighted by atomic mass is 32.2. The zero-order valence-corrected chi connectivity index (χ0v) is 13.9. The highest BCUT2D eigenvalue weighted by Gasteiger charge is 2.63. The SMILES string of the molecule is Cc1ccc(S(=O)(=O)Oc2ccc(C(F)(F)C(F)(F)C(F)F)cc2)cc1. The highest BCUT2D eigenvalue weighted by molar-refractivity contribution is 7.87. The Hall–Kier alpha value is -2.23. The number of hydrogen-bond donors (Lipinski definition) is 0. The van der Waals surface area contributed by atoms with Crippen molar-refractivity contribution < 1.29 is 38.9 Å². The van der Waals surface area contributed by atoms with Gasteiger partial charge in [0.15, 0.2) is 0 Å². The summed E-state index contributed by atoms with van der Waals surface area (Å²) in [7, 11) is -4.28. The van der Waals surface area contributed by atoms with E-state index in [-0.39, 0.29) is 4.90 Å². The third-order valence-electron chi connectivity index (χ3n) is 3.43. The Morgan fingerprint density at radius 1 is 0.885 bits per heavy atom. The van der Waals surface area contributed by atoms with Crippen molar-refractivity contribution in [3.8, 4) is 5.75 Å². The molecule has 0 radical (unpaired) electrons. The molecule has 0 amide bonds. The predicted octanol–water partition coefficient (Wildman–Crippen LogP) is 4.75. The van der Waals surface area contributed by atoms with Gasteiger partial charge in [0.2, 0.25) is 0 Å². The third kappa shape index (κ3) is 3.79. The van der Waals surface area contributed by atoms with Gasteiger partial charge in [-0.1, -0.05) is 17.7 Å². The first-order valence-electron chi connectivity index (χ1n) is 7.03. The van der Waals surface area contributed by atoms with Crippen molar-refractivity contribution in [1.29, 1.82) is 0 Å². The number of benzene rings is 2. The Morgan fingerprint density at radius 3 is 1.85 bits per heavy atom. The second-order valence-electron chi connectivity index (χ2n) is 5.37. The Morgan fingerprint density at radius 2 is 1.38 bits per heavy atom. The molecule has 3 nitrogen and oxygen atoms in total. The van der Waals surface area contributed by atoms with E-state index >= 15 is 0 Å². The van der Waals surface area contributed by atoms with Crippen molar-refractivity contribution in [2.24, 2.45) is 0 Å². The predicted molar refractivity (Wildman–Crippen MR) is 80.3 cm³/mol. The molecule has 0 N–H and O–H groups in total. The minimum atomic E-state index is -5.58. The number of aryl methyl sites for hydroxylation is 1. The molecule has 0 fully saturated rings. The van der Waals surface area contributed by atoms with Crippen LogP contribution in [0.4, 0.5) is 26.3 Å². The lowest BCUT2D eigenvalue weighted by atomic mass is 10.0. The van der Waals surface area contributed by atoms with Gasteiger partial charge in [0.1, 0.15) is 10.6 Å². The summed E-state index contributed by atoms with van der Waals surface area (Å²) in [5.74, 6) is -11.2. The van der Waals surface area contributed by atoms with Gasteiger partial charge in [0, 0.05) is 5.56 Å². The molecule has 0 bridgehead atoms. The van der Waals surface area contributed by atoms with Crippen LogP contribution in [0.2, 0.25) is 0 Å². The van der Waals surface area contributed by atoms with Crippen LogP contribution in [0, 0.1) is 6.92 Å². The average Bonchev–Trinajstić information content (AvgIpc) is 2.55. The second-order valence-corrected chi connectivity index (χ2v) is 6.92. The molecule has 0 unspecified atom stereocenters. The molecule has 2 rings (SSSR count). The quantitative estimate of drug-likeness (QED) is 0.521. The van der Waals surface area contributed by atoms with Crippen molar-refractivity contribution in [3.05, 3.63) is 59.7 Å². The second kappa shape index (κ2) is 6.82. The summed E-state index contributed by atoms with van der Waals surface area (Å²) in [6.07, 6.45) is -4.57. The Kier molecular flexibility index (Phi) is 5.27. The maximum absolute atomic E-state index is 13.6. The maximum atomic E-state index is 13.6. The average molecular weight is 398 g/mol. The van der Waals surface area contributed by atoms with Crippen molar-refractivity contribution in [2.75, 3.05) is 0 Å². The molecule has 0 aromatic heterocycles. The molecule has 0 aliphatic rings. The third-order valence-corrected chi connectivity index (χ3v) is 4.69. The van der Waals surface area contributed by atoms with E-state index in [2.05, 4.69) is 0 Å². The van der Waals surface area contributed by atoms with Crippen LogP contribution in [0.25, 0.3) is 0 Å². The number of rotatable bonds is 6. The van der Waals surface area contributed by atoms with Crippen LogP contribution in [-0.2, 0) is 16.0 Å². The molecule has 2 aromatic carbocycles. The van der Waals surface area contributed by atoms with Crippen LogP contribution < -0.4 is 4.18 Å². The molecular weight excluding hydrogens is 386 g/mol. The fraction of sp³-hybridized carbons (Fsp3) is 0.250. The molecule has 0 heterocycles. The first-order valence-corrected chi connectivity index (χ1v) is 8.44. The molecule has 0 aliphatic carbocycles. The summed E-state index contributed by atoms with van der Waals surface area (Å²) >= 11 is 0. The smallest absolute Gasteiger partial charge is 0.373 e. The molecule has 0 aliphatic heterocycles. The molecule has 0 saturated heterocycles. The summed E-state index contributed by atoms with van der Waals surface area (Å²) in [4.78, 5) is -0.207. The van der Waals surface area contributed by atoms with Gasteiger partial charge in [0.25, 0.3) is 0 Å². The lowest BCUT2D eigenvalue weighted by molar-refractivity contribution is -0.270. The summed E-state index contributed by atoms with van der Waals surface area (Å²) in [5, 5.41) is 0. The minimum absolute atomic E-state index is 0.207. The normalized spacial score (nSPS) is 13.1. The Balaban J connectivity index is 2.26. The summed E-state index contributed by atoms with van der Waals surface area (Å²) in [5.41, 5.74) is -0.613. The van der Waals surface area contributed by atoms with Gasteiger partial charge < -0.3 is 4.18 Å². The van der Waals surface area contributed by atoms with Crippen LogP contribution in [0.3, 0.4) is 0 Å². The fourth-order valence-electron chi connectivity index (χ4n) is 1.93. The largest absolute Gasteiger partial charge is 0.379 e. The highest BCUT2D eigenvalue weighted by Crippen LogP contribution is 2.46. The van der Waals surface area contributed by atoms with Crippen molar-refractivity contribution in [2.45, 2.75) is 30.1 Å². The number of hydrogen-bond acceptors (Lipinski definition) is 3. The summed E-state index contributed by atoms with van der Waals surface area (Å²) in [6, 6.07) is 7.69. The number of halogens is 6. The first-order chi connectivity index (χ1) is 11.9.